The molecule has 1 aromatic rings. The molecule has 1 rings (SSSR count). The second-order valence-corrected chi connectivity index (χ2v) is 4.88. The van der Waals surface area contributed by atoms with E-state index in [1.165, 1.54) is 0 Å². The lowest BCUT2D eigenvalue weighted by Gasteiger charge is -2.14. The van der Waals surface area contributed by atoms with Crippen molar-refractivity contribution in [2.75, 3.05) is 6.61 Å². The minimum Gasteiger partial charge on any atom is -0.482 e. The third-order valence-electron chi connectivity index (χ3n) is 2.66. The Labute approximate surface area is 122 Å². The Balaban J connectivity index is 2.54. The van der Waals surface area contributed by atoms with Gasteiger partial charge in [-0.25, -0.2) is 4.79 Å². The number of hydrogen-bond acceptors (Lipinski definition) is 3. The van der Waals surface area contributed by atoms with E-state index in [1.807, 2.05) is 19.9 Å². The van der Waals surface area contributed by atoms with Crippen molar-refractivity contribution in [1.82, 2.24) is 5.32 Å². The number of rotatable bonds is 7. The van der Waals surface area contributed by atoms with Crippen molar-refractivity contribution in [3.8, 4) is 5.75 Å². The summed E-state index contributed by atoms with van der Waals surface area (Å²) in [6, 6.07) is 4.35. The number of aryl methyl sites for hydroxylation is 1. The number of aliphatic carboxylic acids is 1. The van der Waals surface area contributed by atoms with Gasteiger partial charge < -0.3 is 15.2 Å². The fourth-order valence-electron chi connectivity index (χ4n) is 1.65. The van der Waals surface area contributed by atoms with Crippen molar-refractivity contribution < 1.29 is 19.4 Å². The third-order valence-corrected chi connectivity index (χ3v) is 2.97. The number of nitrogens with one attached hydrogen (secondary N) is 1. The largest absolute Gasteiger partial charge is 0.482 e. The molecule has 0 aliphatic carbocycles. The van der Waals surface area contributed by atoms with Gasteiger partial charge in [0, 0.05) is 0 Å². The zero-order valence-corrected chi connectivity index (χ0v) is 12.2. The normalized spacial score (nSPS) is 11.8. The summed E-state index contributed by atoms with van der Waals surface area (Å²) >= 11 is 5.93. The van der Waals surface area contributed by atoms with Crippen LogP contribution in [0.4, 0.5) is 0 Å². The van der Waals surface area contributed by atoms with Crippen molar-refractivity contribution in [3.63, 3.8) is 0 Å². The molecule has 0 aliphatic heterocycles. The molecule has 0 saturated heterocycles. The van der Waals surface area contributed by atoms with Gasteiger partial charge in [0.05, 0.1) is 5.02 Å². The van der Waals surface area contributed by atoms with E-state index in [9.17, 15) is 9.59 Å². The molecule has 0 saturated carbocycles. The lowest BCUT2D eigenvalue weighted by atomic mass is 10.2. The lowest BCUT2D eigenvalue weighted by molar-refractivity contribution is -0.142. The molecule has 5 nitrogen and oxygen atoms in total. The molecule has 1 amide bonds. The van der Waals surface area contributed by atoms with E-state index in [-0.39, 0.29) is 6.61 Å². The number of carbonyl (C=O) groups is 2. The topological polar surface area (TPSA) is 75.6 Å². The Morgan fingerprint density at radius 3 is 2.75 bits per heavy atom. The summed E-state index contributed by atoms with van der Waals surface area (Å²) in [5, 5.41) is 11.8. The second kappa shape index (κ2) is 7.75. The number of ether oxygens (including phenoxy) is 1. The lowest BCUT2D eigenvalue weighted by Crippen LogP contribution is -2.42. The van der Waals surface area contributed by atoms with Crippen LogP contribution in [-0.2, 0) is 9.59 Å². The van der Waals surface area contributed by atoms with Gasteiger partial charge in [0.25, 0.3) is 5.91 Å². The van der Waals surface area contributed by atoms with Gasteiger partial charge in [-0.05, 0) is 31.0 Å². The summed E-state index contributed by atoms with van der Waals surface area (Å²) < 4.78 is 5.30. The molecule has 0 bridgehead atoms. The Morgan fingerprint density at radius 1 is 1.45 bits per heavy atom. The monoisotopic (exact) mass is 299 g/mol. The highest BCUT2D eigenvalue weighted by Gasteiger charge is 2.19. The van der Waals surface area contributed by atoms with E-state index in [1.54, 1.807) is 12.1 Å². The number of amides is 1. The zero-order valence-electron chi connectivity index (χ0n) is 11.5. The van der Waals surface area contributed by atoms with Gasteiger partial charge in [0.2, 0.25) is 0 Å². The Morgan fingerprint density at radius 2 is 2.15 bits per heavy atom. The quantitative estimate of drug-likeness (QED) is 0.810. The molecule has 0 aliphatic rings. The van der Waals surface area contributed by atoms with Crippen molar-refractivity contribution in [2.24, 2.45) is 0 Å². The van der Waals surface area contributed by atoms with E-state index >= 15 is 0 Å². The van der Waals surface area contributed by atoms with Crippen molar-refractivity contribution in [2.45, 2.75) is 32.7 Å². The van der Waals surface area contributed by atoms with Gasteiger partial charge in [-0.1, -0.05) is 31.0 Å². The molecule has 0 aromatic heterocycles. The van der Waals surface area contributed by atoms with Crippen LogP contribution in [0, 0.1) is 6.92 Å². The first-order valence-corrected chi connectivity index (χ1v) is 6.73. The SMILES string of the molecule is CCC[C@@H](NC(=O)COc1cc(C)ccc1Cl)C(=O)O. The summed E-state index contributed by atoms with van der Waals surface area (Å²) in [7, 11) is 0. The molecule has 6 heteroatoms. The van der Waals surface area contributed by atoms with Crippen LogP contribution in [0.2, 0.25) is 5.02 Å². The first-order valence-electron chi connectivity index (χ1n) is 6.35. The van der Waals surface area contributed by atoms with E-state index < -0.39 is 17.9 Å². The zero-order chi connectivity index (χ0) is 15.1. The summed E-state index contributed by atoms with van der Waals surface area (Å²) in [6.45, 7) is 3.47. The summed E-state index contributed by atoms with van der Waals surface area (Å²) in [4.78, 5) is 22.6. The number of halogens is 1. The average molecular weight is 300 g/mol. The number of benzene rings is 1. The summed E-state index contributed by atoms with van der Waals surface area (Å²) in [6.07, 6.45) is 1.05. The predicted molar refractivity (Wildman–Crippen MR) is 76.2 cm³/mol. The van der Waals surface area contributed by atoms with Crippen molar-refractivity contribution >= 4 is 23.5 Å². The maximum absolute atomic E-state index is 11.7. The van der Waals surface area contributed by atoms with Crippen LogP contribution >= 0.6 is 11.6 Å². The fraction of sp³-hybridized carbons (Fsp3) is 0.429. The van der Waals surface area contributed by atoms with E-state index in [4.69, 9.17) is 21.4 Å². The van der Waals surface area contributed by atoms with Crippen LogP contribution in [0.15, 0.2) is 18.2 Å². The smallest absolute Gasteiger partial charge is 0.326 e. The minimum atomic E-state index is -1.05. The molecule has 0 fully saturated rings. The van der Waals surface area contributed by atoms with Crippen LogP contribution in [-0.4, -0.2) is 29.6 Å². The highest BCUT2D eigenvalue weighted by atomic mass is 35.5. The van der Waals surface area contributed by atoms with E-state index in [0.717, 1.165) is 5.56 Å². The van der Waals surface area contributed by atoms with Crippen LogP contribution in [0.5, 0.6) is 5.75 Å². The Bertz CT molecular complexity index is 490. The number of carboxylic acids is 1. The van der Waals surface area contributed by atoms with Crippen molar-refractivity contribution in [3.05, 3.63) is 28.8 Å². The molecule has 2 N–H and O–H groups in total. The van der Waals surface area contributed by atoms with Gasteiger partial charge in [-0.3, -0.25) is 4.79 Å². The standard InChI is InChI=1S/C14H18ClNO4/c1-3-4-11(14(18)19)16-13(17)8-20-12-7-9(2)5-6-10(12)15/h5-7,11H,3-4,8H2,1-2H3,(H,16,17)(H,18,19)/t11-/m1/s1. The van der Waals surface area contributed by atoms with Crippen LogP contribution in [0.1, 0.15) is 25.3 Å². The van der Waals surface area contributed by atoms with Crippen LogP contribution < -0.4 is 10.1 Å². The van der Waals surface area contributed by atoms with E-state index in [2.05, 4.69) is 5.32 Å². The van der Waals surface area contributed by atoms with Gasteiger partial charge in [-0.2, -0.15) is 0 Å². The Hall–Kier alpha value is -1.75. The fourth-order valence-corrected chi connectivity index (χ4v) is 1.82. The molecule has 110 valence electrons. The number of carboxylic acid groups (broad SMARTS) is 1. The van der Waals surface area contributed by atoms with Gasteiger partial charge >= 0.3 is 5.97 Å². The molecule has 1 atom stereocenters. The third kappa shape index (κ3) is 5.09. The average Bonchev–Trinajstić information content (AvgIpc) is 2.39. The molecular weight excluding hydrogens is 282 g/mol. The maximum atomic E-state index is 11.7. The molecule has 0 heterocycles. The van der Waals surface area contributed by atoms with Crippen molar-refractivity contribution in [1.29, 1.82) is 0 Å². The molecule has 0 spiro atoms. The maximum Gasteiger partial charge on any atom is 0.326 e. The molecule has 0 radical (unpaired) electrons. The van der Waals surface area contributed by atoms with Gasteiger partial charge in [-0.15, -0.1) is 0 Å². The van der Waals surface area contributed by atoms with Crippen LogP contribution in [0.3, 0.4) is 0 Å². The van der Waals surface area contributed by atoms with Gasteiger partial charge in [0.1, 0.15) is 11.8 Å². The van der Waals surface area contributed by atoms with Gasteiger partial charge in [0.15, 0.2) is 6.61 Å². The first kappa shape index (κ1) is 16.3. The minimum absolute atomic E-state index is 0.267. The predicted octanol–water partition coefficient (Wildman–Crippen LogP) is 2.40. The molecular formula is C14H18ClNO4. The number of hydrogen-bond donors (Lipinski definition) is 2. The summed E-state index contributed by atoms with van der Waals surface area (Å²) in [5.74, 6) is -1.12. The van der Waals surface area contributed by atoms with E-state index in [0.29, 0.717) is 23.6 Å². The highest BCUT2D eigenvalue weighted by molar-refractivity contribution is 6.32. The highest BCUT2D eigenvalue weighted by Crippen LogP contribution is 2.24. The Kier molecular flexibility index (Phi) is 6.31. The van der Waals surface area contributed by atoms with Crippen LogP contribution in [0.25, 0.3) is 0 Å². The molecule has 20 heavy (non-hydrogen) atoms. The number of carbonyl (C=O) groups excluding carboxylic acids is 1. The second-order valence-electron chi connectivity index (χ2n) is 4.47. The molecule has 1 aromatic carbocycles. The summed E-state index contributed by atoms with van der Waals surface area (Å²) in [5.41, 5.74) is 0.958. The molecule has 0 unspecified atom stereocenters. The first-order chi connectivity index (χ1) is 9.43.